The highest BCUT2D eigenvalue weighted by Gasteiger charge is 2.32. The Balaban J connectivity index is 1.94. The lowest BCUT2D eigenvalue weighted by Gasteiger charge is -2.18. The van der Waals surface area contributed by atoms with Crippen LogP contribution < -0.4 is 5.32 Å². The minimum absolute atomic E-state index is 0.242. The van der Waals surface area contributed by atoms with Gasteiger partial charge in [0.2, 0.25) is 11.8 Å². The van der Waals surface area contributed by atoms with Crippen LogP contribution in [0.4, 0.5) is 0 Å². The van der Waals surface area contributed by atoms with Gasteiger partial charge in [0.15, 0.2) is 5.58 Å². The second-order valence-corrected chi connectivity index (χ2v) is 5.28. The van der Waals surface area contributed by atoms with Crippen LogP contribution in [-0.4, -0.2) is 17.0 Å². The van der Waals surface area contributed by atoms with E-state index >= 15 is 0 Å². The fourth-order valence-electron chi connectivity index (χ4n) is 2.90. The maximum atomic E-state index is 12.1. The van der Waals surface area contributed by atoms with Gasteiger partial charge < -0.3 is 8.94 Å². The molecule has 6 nitrogen and oxygen atoms in total. The lowest BCUT2D eigenvalue weighted by Crippen LogP contribution is -2.39. The summed E-state index contributed by atoms with van der Waals surface area (Å²) in [4.78, 5) is 23.3. The molecule has 2 amide bonds. The number of carbonyl (C=O) groups is 2. The third-order valence-electron chi connectivity index (χ3n) is 3.85. The van der Waals surface area contributed by atoms with Crippen molar-refractivity contribution in [3.05, 3.63) is 29.7 Å². The van der Waals surface area contributed by atoms with Crippen LogP contribution in [-0.2, 0) is 9.59 Å². The number of amides is 2. The third-order valence-corrected chi connectivity index (χ3v) is 3.85. The number of nitrogens with zero attached hydrogens (tertiary/aromatic N) is 1. The summed E-state index contributed by atoms with van der Waals surface area (Å²) < 4.78 is 10.9. The molecule has 1 aliphatic heterocycles. The van der Waals surface area contributed by atoms with Gasteiger partial charge >= 0.3 is 0 Å². The highest BCUT2D eigenvalue weighted by Crippen LogP contribution is 2.36. The zero-order valence-electron chi connectivity index (χ0n) is 11.3. The first kappa shape index (κ1) is 12.1. The van der Waals surface area contributed by atoms with Gasteiger partial charge in [0.05, 0.1) is 11.3 Å². The highest BCUT2D eigenvalue weighted by atomic mass is 16.5. The standard InChI is InChI=1S/C15H12N2O4/c1-7-6-9-10(20-7)3-4-11-13(9)14(17-21-11)8-2-5-12(18)16-15(8)19/h3-4,6,8H,2,5H2,1H3,(H,16,18,19). The summed E-state index contributed by atoms with van der Waals surface area (Å²) in [7, 11) is 0. The van der Waals surface area contributed by atoms with E-state index in [1.807, 2.05) is 19.1 Å². The summed E-state index contributed by atoms with van der Waals surface area (Å²) in [5.41, 5.74) is 1.92. The molecule has 0 spiro atoms. The lowest BCUT2D eigenvalue weighted by atomic mass is 9.92. The van der Waals surface area contributed by atoms with Crippen LogP contribution >= 0.6 is 0 Å². The SMILES string of the molecule is Cc1cc2c(ccc3onc(C4CCC(=O)NC4=O)c32)o1. The molecule has 6 heteroatoms. The minimum atomic E-state index is -0.468. The molecule has 1 aromatic carbocycles. The number of rotatable bonds is 1. The number of aromatic nitrogens is 1. The molecule has 3 aromatic rings. The Morgan fingerprint density at radius 2 is 2.10 bits per heavy atom. The number of hydrogen-bond acceptors (Lipinski definition) is 5. The fraction of sp³-hybridized carbons (Fsp3) is 0.267. The number of fused-ring (bicyclic) bond motifs is 3. The van der Waals surface area contributed by atoms with Crippen molar-refractivity contribution in [2.75, 3.05) is 0 Å². The van der Waals surface area contributed by atoms with Crippen molar-refractivity contribution in [3.63, 3.8) is 0 Å². The number of benzene rings is 1. The zero-order valence-corrected chi connectivity index (χ0v) is 11.3. The molecular weight excluding hydrogens is 272 g/mol. The van der Waals surface area contributed by atoms with Gasteiger partial charge in [-0.2, -0.15) is 0 Å². The Bertz CT molecular complexity index is 890. The second kappa shape index (κ2) is 4.18. The molecule has 1 N–H and O–H groups in total. The van der Waals surface area contributed by atoms with Crippen molar-refractivity contribution >= 4 is 33.8 Å². The predicted octanol–water partition coefficient (Wildman–Crippen LogP) is 2.40. The molecule has 1 atom stereocenters. The highest BCUT2D eigenvalue weighted by molar-refractivity contribution is 6.08. The van der Waals surface area contributed by atoms with Crippen molar-refractivity contribution in [1.29, 1.82) is 0 Å². The molecule has 1 unspecified atom stereocenters. The van der Waals surface area contributed by atoms with E-state index in [1.165, 1.54) is 0 Å². The summed E-state index contributed by atoms with van der Waals surface area (Å²) in [5.74, 6) is -0.246. The number of imide groups is 1. The fourth-order valence-corrected chi connectivity index (χ4v) is 2.90. The molecule has 2 aromatic heterocycles. The molecular formula is C15H12N2O4. The Labute approximate surface area is 119 Å². The first-order chi connectivity index (χ1) is 10.1. The van der Waals surface area contributed by atoms with Gasteiger partial charge in [0.25, 0.3) is 0 Å². The summed E-state index contributed by atoms with van der Waals surface area (Å²) in [6.07, 6.45) is 0.755. The number of piperidine rings is 1. The van der Waals surface area contributed by atoms with Gasteiger partial charge in [0, 0.05) is 11.8 Å². The first-order valence-electron chi connectivity index (χ1n) is 6.75. The van der Waals surface area contributed by atoms with E-state index in [9.17, 15) is 9.59 Å². The third kappa shape index (κ3) is 1.75. The molecule has 1 fully saturated rings. The van der Waals surface area contributed by atoms with Crippen LogP contribution in [0.5, 0.6) is 0 Å². The molecule has 21 heavy (non-hydrogen) atoms. The van der Waals surface area contributed by atoms with E-state index in [2.05, 4.69) is 10.5 Å². The number of carbonyl (C=O) groups excluding carboxylic acids is 2. The van der Waals surface area contributed by atoms with E-state index < -0.39 is 5.92 Å². The van der Waals surface area contributed by atoms with E-state index in [0.717, 1.165) is 22.1 Å². The average molecular weight is 284 g/mol. The maximum absolute atomic E-state index is 12.1. The Morgan fingerprint density at radius 1 is 1.29 bits per heavy atom. The van der Waals surface area contributed by atoms with Crippen LogP contribution in [0.15, 0.2) is 27.1 Å². The predicted molar refractivity (Wildman–Crippen MR) is 73.6 cm³/mol. The largest absolute Gasteiger partial charge is 0.461 e. The van der Waals surface area contributed by atoms with Crippen molar-refractivity contribution in [3.8, 4) is 0 Å². The van der Waals surface area contributed by atoms with Crippen LogP contribution in [0, 0.1) is 6.92 Å². The monoisotopic (exact) mass is 284 g/mol. The molecule has 0 radical (unpaired) electrons. The molecule has 1 saturated heterocycles. The van der Waals surface area contributed by atoms with Gasteiger partial charge in [-0.1, -0.05) is 5.16 Å². The summed E-state index contributed by atoms with van der Waals surface area (Å²) in [5, 5.41) is 8.09. The number of furan rings is 1. The topological polar surface area (TPSA) is 85.3 Å². The van der Waals surface area contributed by atoms with Crippen LogP contribution in [0.25, 0.3) is 21.9 Å². The summed E-state index contributed by atoms with van der Waals surface area (Å²) in [6, 6.07) is 5.51. The number of aryl methyl sites for hydroxylation is 1. The summed E-state index contributed by atoms with van der Waals surface area (Å²) >= 11 is 0. The quantitative estimate of drug-likeness (QED) is 0.693. The molecule has 0 bridgehead atoms. The van der Waals surface area contributed by atoms with Crippen LogP contribution in [0.2, 0.25) is 0 Å². The van der Waals surface area contributed by atoms with Crippen LogP contribution in [0.1, 0.15) is 30.2 Å². The second-order valence-electron chi connectivity index (χ2n) is 5.28. The van der Waals surface area contributed by atoms with Gasteiger partial charge in [-0.3, -0.25) is 14.9 Å². The normalized spacial score (nSPS) is 19.4. The van der Waals surface area contributed by atoms with Gasteiger partial charge in [0.1, 0.15) is 17.0 Å². The summed E-state index contributed by atoms with van der Waals surface area (Å²) in [6.45, 7) is 1.87. The van der Waals surface area contributed by atoms with E-state index in [1.54, 1.807) is 6.07 Å². The Kier molecular flexibility index (Phi) is 2.42. The molecule has 106 valence electrons. The van der Waals surface area contributed by atoms with Gasteiger partial charge in [-0.15, -0.1) is 0 Å². The molecule has 3 heterocycles. The van der Waals surface area contributed by atoms with Gasteiger partial charge in [-0.05, 0) is 31.5 Å². The van der Waals surface area contributed by atoms with Crippen molar-refractivity contribution < 1.29 is 18.5 Å². The van der Waals surface area contributed by atoms with E-state index in [-0.39, 0.29) is 11.8 Å². The number of nitrogens with one attached hydrogen (secondary N) is 1. The van der Waals surface area contributed by atoms with E-state index in [4.69, 9.17) is 8.94 Å². The van der Waals surface area contributed by atoms with Crippen LogP contribution in [0.3, 0.4) is 0 Å². The van der Waals surface area contributed by atoms with E-state index in [0.29, 0.717) is 24.1 Å². The lowest BCUT2D eigenvalue weighted by molar-refractivity contribution is -0.134. The van der Waals surface area contributed by atoms with Crippen molar-refractivity contribution in [2.24, 2.45) is 0 Å². The average Bonchev–Trinajstić information content (AvgIpc) is 3.00. The zero-order chi connectivity index (χ0) is 14.6. The smallest absolute Gasteiger partial charge is 0.235 e. The molecule has 4 rings (SSSR count). The Morgan fingerprint density at radius 3 is 2.90 bits per heavy atom. The minimum Gasteiger partial charge on any atom is -0.461 e. The molecule has 0 saturated carbocycles. The number of hydrogen-bond donors (Lipinski definition) is 1. The van der Waals surface area contributed by atoms with Crippen molar-refractivity contribution in [2.45, 2.75) is 25.7 Å². The van der Waals surface area contributed by atoms with Crippen molar-refractivity contribution in [1.82, 2.24) is 10.5 Å². The molecule has 1 aliphatic rings. The first-order valence-corrected chi connectivity index (χ1v) is 6.75. The van der Waals surface area contributed by atoms with Gasteiger partial charge in [-0.25, -0.2) is 0 Å². The Hall–Kier alpha value is -2.63. The maximum Gasteiger partial charge on any atom is 0.235 e. The molecule has 0 aliphatic carbocycles.